The van der Waals surface area contributed by atoms with Crippen molar-refractivity contribution in [3.63, 3.8) is 0 Å². The number of aromatic nitrogens is 1. The molecule has 0 spiro atoms. The second-order valence-electron chi connectivity index (χ2n) is 7.24. The molecule has 0 N–H and O–H groups in total. The van der Waals surface area contributed by atoms with E-state index in [-0.39, 0.29) is 17.5 Å². The van der Waals surface area contributed by atoms with Crippen molar-refractivity contribution in [3.05, 3.63) is 107 Å². The third-order valence-electron chi connectivity index (χ3n) is 5.45. The Kier molecular flexibility index (Phi) is 4.07. The molecule has 0 unspecified atom stereocenters. The first-order valence-corrected chi connectivity index (χ1v) is 9.68. The zero-order chi connectivity index (χ0) is 20.8. The number of nitrogens with zero attached hydrogens (tertiary/aromatic N) is 1. The van der Waals surface area contributed by atoms with Crippen LogP contribution >= 0.6 is 0 Å². The van der Waals surface area contributed by atoms with Crippen LogP contribution in [0.3, 0.4) is 0 Å². The molecule has 0 atom stereocenters. The predicted octanol–water partition coefficient (Wildman–Crippen LogP) is 5.26. The second kappa shape index (κ2) is 6.78. The molecule has 0 aliphatic heterocycles. The lowest BCUT2D eigenvalue weighted by atomic mass is 9.83. The first kappa shape index (κ1) is 18.0. The second-order valence-corrected chi connectivity index (χ2v) is 7.24. The number of ketones is 2. The lowest BCUT2D eigenvalue weighted by Gasteiger charge is -2.16. The molecule has 0 amide bonds. The van der Waals surface area contributed by atoms with E-state index in [9.17, 15) is 14.4 Å². The number of fused-ring (bicyclic) bond motifs is 2. The predicted molar refractivity (Wildman–Crippen MR) is 115 cm³/mol. The molecule has 0 bridgehead atoms. The standard InChI is InChI=1S/C26H17NO3/c1-16(28)27-23(17-10-4-2-5-11-17)21-22(24(27)18-12-6-3-7-13-18)26(30)20-15-9-8-14-19(20)25(21)29/h2-15H,1H3. The third-order valence-corrected chi connectivity index (χ3v) is 5.45. The molecule has 3 aromatic carbocycles. The quantitative estimate of drug-likeness (QED) is 0.413. The van der Waals surface area contributed by atoms with Gasteiger partial charge in [-0.25, -0.2) is 0 Å². The van der Waals surface area contributed by atoms with Gasteiger partial charge in [-0.05, 0) is 11.1 Å². The Morgan fingerprint density at radius 2 is 0.967 bits per heavy atom. The van der Waals surface area contributed by atoms with E-state index in [1.807, 2.05) is 60.7 Å². The molecule has 144 valence electrons. The molecule has 0 saturated carbocycles. The number of carbonyl (C=O) groups is 3. The molecule has 0 saturated heterocycles. The Morgan fingerprint density at radius 3 is 1.33 bits per heavy atom. The van der Waals surface area contributed by atoms with Crippen LogP contribution in [0.1, 0.15) is 43.6 Å². The Hall–Kier alpha value is -4.05. The number of carbonyl (C=O) groups excluding carboxylic acids is 3. The van der Waals surface area contributed by atoms with Gasteiger partial charge in [-0.1, -0.05) is 84.9 Å². The van der Waals surface area contributed by atoms with Crippen LogP contribution in [-0.2, 0) is 0 Å². The number of rotatable bonds is 2. The smallest absolute Gasteiger partial charge is 0.228 e. The molecular weight excluding hydrogens is 374 g/mol. The monoisotopic (exact) mass is 391 g/mol. The summed E-state index contributed by atoms with van der Waals surface area (Å²) in [5.41, 5.74) is 3.67. The number of hydrogen-bond donors (Lipinski definition) is 0. The van der Waals surface area contributed by atoms with Crippen molar-refractivity contribution < 1.29 is 14.4 Å². The average molecular weight is 391 g/mol. The van der Waals surface area contributed by atoms with Gasteiger partial charge in [0.05, 0.1) is 22.5 Å². The van der Waals surface area contributed by atoms with E-state index in [1.165, 1.54) is 11.5 Å². The van der Waals surface area contributed by atoms with Crippen molar-refractivity contribution in [1.82, 2.24) is 4.57 Å². The van der Waals surface area contributed by atoms with Crippen molar-refractivity contribution in [2.75, 3.05) is 0 Å². The van der Waals surface area contributed by atoms with Crippen LogP contribution in [0.2, 0.25) is 0 Å². The summed E-state index contributed by atoms with van der Waals surface area (Å²) in [7, 11) is 0. The fourth-order valence-corrected chi connectivity index (χ4v) is 4.22. The highest BCUT2D eigenvalue weighted by Gasteiger charge is 2.39. The molecule has 1 aromatic heterocycles. The largest absolute Gasteiger partial charge is 0.288 e. The van der Waals surface area contributed by atoms with Crippen LogP contribution in [0.15, 0.2) is 84.9 Å². The van der Waals surface area contributed by atoms with Gasteiger partial charge in [-0.15, -0.1) is 0 Å². The summed E-state index contributed by atoms with van der Waals surface area (Å²) in [5.74, 6) is -0.737. The van der Waals surface area contributed by atoms with Crippen molar-refractivity contribution in [1.29, 1.82) is 0 Å². The van der Waals surface area contributed by atoms with Crippen molar-refractivity contribution in [2.45, 2.75) is 6.92 Å². The highest BCUT2D eigenvalue weighted by Crippen LogP contribution is 2.42. The van der Waals surface area contributed by atoms with E-state index in [4.69, 9.17) is 0 Å². The number of hydrogen-bond acceptors (Lipinski definition) is 3. The van der Waals surface area contributed by atoms with Crippen molar-refractivity contribution in [3.8, 4) is 22.5 Å². The van der Waals surface area contributed by atoms with Crippen LogP contribution in [0.25, 0.3) is 22.5 Å². The van der Waals surface area contributed by atoms with Gasteiger partial charge in [0, 0.05) is 18.1 Å². The third kappa shape index (κ3) is 2.51. The molecule has 0 radical (unpaired) electrons. The maximum Gasteiger partial charge on any atom is 0.228 e. The van der Waals surface area contributed by atoms with E-state index in [2.05, 4.69) is 0 Å². The molecule has 4 nitrogen and oxygen atoms in total. The fourth-order valence-electron chi connectivity index (χ4n) is 4.22. The molecule has 0 fully saturated rings. The summed E-state index contributed by atoms with van der Waals surface area (Å²) in [6.07, 6.45) is 0. The SMILES string of the molecule is CC(=O)n1c(-c2ccccc2)c2c(c1-c1ccccc1)C(=O)c1ccccc1C2=O. The Bertz CT molecular complexity index is 1240. The summed E-state index contributed by atoms with van der Waals surface area (Å²) < 4.78 is 1.51. The lowest BCUT2D eigenvalue weighted by Crippen LogP contribution is -2.20. The van der Waals surface area contributed by atoms with E-state index in [1.54, 1.807) is 24.3 Å². The number of benzene rings is 3. The molecule has 1 heterocycles. The highest BCUT2D eigenvalue weighted by atomic mass is 16.2. The molecule has 4 heteroatoms. The molecule has 1 aliphatic rings. The first-order valence-electron chi connectivity index (χ1n) is 9.68. The summed E-state index contributed by atoms with van der Waals surface area (Å²) >= 11 is 0. The van der Waals surface area contributed by atoms with Gasteiger partial charge in [-0.2, -0.15) is 0 Å². The van der Waals surface area contributed by atoms with Crippen LogP contribution < -0.4 is 0 Å². The van der Waals surface area contributed by atoms with E-state index in [0.717, 1.165) is 0 Å². The lowest BCUT2D eigenvalue weighted by molar-refractivity contribution is 0.0940. The summed E-state index contributed by atoms with van der Waals surface area (Å²) in [4.78, 5) is 40.1. The molecule has 5 rings (SSSR count). The van der Waals surface area contributed by atoms with Gasteiger partial charge in [0.1, 0.15) is 0 Å². The van der Waals surface area contributed by atoms with Gasteiger partial charge < -0.3 is 0 Å². The first-order chi connectivity index (χ1) is 14.6. The molecular formula is C26H17NO3. The van der Waals surface area contributed by atoms with E-state index >= 15 is 0 Å². The van der Waals surface area contributed by atoms with Gasteiger partial charge in [0.25, 0.3) is 0 Å². The maximum atomic E-state index is 13.6. The van der Waals surface area contributed by atoms with Crippen molar-refractivity contribution in [2.24, 2.45) is 0 Å². The Labute approximate surface area is 173 Å². The molecule has 1 aliphatic carbocycles. The van der Waals surface area contributed by atoms with Gasteiger partial charge in [-0.3, -0.25) is 19.0 Å². The maximum absolute atomic E-state index is 13.6. The summed E-state index contributed by atoms with van der Waals surface area (Å²) in [5, 5.41) is 0. The fraction of sp³-hybridized carbons (Fsp3) is 0.0385. The Balaban J connectivity index is 1.97. The van der Waals surface area contributed by atoms with Crippen LogP contribution in [0.4, 0.5) is 0 Å². The van der Waals surface area contributed by atoms with Gasteiger partial charge >= 0.3 is 0 Å². The van der Waals surface area contributed by atoms with E-state index in [0.29, 0.717) is 44.8 Å². The minimum absolute atomic E-state index is 0.240. The van der Waals surface area contributed by atoms with Crippen molar-refractivity contribution >= 4 is 17.5 Å². The minimum atomic E-state index is -0.258. The highest BCUT2D eigenvalue weighted by molar-refractivity contribution is 6.33. The van der Waals surface area contributed by atoms with Gasteiger partial charge in [0.15, 0.2) is 11.6 Å². The normalized spacial score (nSPS) is 12.4. The van der Waals surface area contributed by atoms with E-state index < -0.39 is 0 Å². The molecule has 4 aromatic rings. The van der Waals surface area contributed by atoms with Crippen LogP contribution in [0.5, 0.6) is 0 Å². The minimum Gasteiger partial charge on any atom is -0.288 e. The zero-order valence-electron chi connectivity index (χ0n) is 16.3. The van der Waals surface area contributed by atoms with Crippen LogP contribution in [0, 0.1) is 0 Å². The summed E-state index contributed by atoms with van der Waals surface area (Å²) in [6.45, 7) is 1.45. The van der Waals surface area contributed by atoms with Gasteiger partial charge in [0.2, 0.25) is 5.91 Å². The summed E-state index contributed by atoms with van der Waals surface area (Å²) in [6, 6.07) is 25.4. The molecule has 30 heavy (non-hydrogen) atoms. The average Bonchev–Trinajstić information content (AvgIpc) is 3.15. The Morgan fingerprint density at radius 1 is 0.600 bits per heavy atom. The topological polar surface area (TPSA) is 56.1 Å². The zero-order valence-corrected chi connectivity index (χ0v) is 16.3. The van der Waals surface area contributed by atoms with Crippen LogP contribution in [-0.4, -0.2) is 22.0 Å².